The van der Waals surface area contributed by atoms with Gasteiger partial charge in [0.2, 0.25) is 0 Å². The van der Waals surface area contributed by atoms with Gasteiger partial charge < -0.3 is 15.0 Å². The van der Waals surface area contributed by atoms with Crippen molar-refractivity contribution in [3.8, 4) is 5.75 Å². The maximum absolute atomic E-state index is 13.2. The number of hydrogen-bond acceptors (Lipinski definition) is 5. The van der Waals surface area contributed by atoms with Crippen molar-refractivity contribution in [1.82, 2.24) is 25.2 Å². The molecule has 2 heterocycles. The quantitative estimate of drug-likeness (QED) is 0.846. The van der Waals surface area contributed by atoms with Crippen molar-refractivity contribution >= 4 is 5.91 Å². The number of piperidine rings is 1. The summed E-state index contributed by atoms with van der Waals surface area (Å²) in [5, 5.41) is 12.0. The first kappa shape index (κ1) is 18.0. The van der Waals surface area contributed by atoms with Crippen LogP contribution in [0.25, 0.3) is 0 Å². The summed E-state index contributed by atoms with van der Waals surface area (Å²) in [5.74, 6) is 0.815. The van der Waals surface area contributed by atoms with Crippen LogP contribution < -0.4 is 10.1 Å². The van der Waals surface area contributed by atoms with Crippen LogP contribution in [0.15, 0.2) is 24.3 Å². The number of benzene rings is 1. The molecule has 0 atom stereocenters. The van der Waals surface area contributed by atoms with Crippen LogP contribution in [-0.2, 0) is 6.54 Å². The molecule has 4 rings (SSSR count). The molecule has 1 aromatic carbocycles. The highest BCUT2D eigenvalue weighted by atomic mass is 16.5. The van der Waals surface area contributed by atoms with Gasteiger partial charge in [0.15, 0.2) is 5.69 Å². The van der Waals surface area contributed by atoms with E-state index in [1.54, 1.807) is 7.11 Å². The van der Waals surface area contributed by atoms with Crippen molar-refractivity contribution < 1.29 is 9.53 Å². The summed E-state index contributed by atoms with van der Waals surface area (Å²) in [6, 6.07) is 8.53. The van der Waals surface area contributed by atoms with Crippen molar-refractivity contribution in [2.45, 2.75) is 51.2 Å². The summed E-state index contributed by atoms with van der Waals surface area (Å²) < 4.78 is 7.17. The Hall–Kier alpha value is -2.41. The number of hydrogen-bond donors (Lipinski definition) is 1. The topological polar surface area (TPSA) is 72.3 Å². The molecule has 1 aromatic heterocycles. The Morgan fingerprint density at radius 2 is 1.93 bits per heavy atom. The number of methoxy groups -OCH3 is 1. The summed E-state index contributed by atoms with van der Waals surface area (Å²) >= 11 is 0. The summed E-state index contributed by atoms with van der Waals surface area (Å²) in [6.07, 6.45) is 4.17. The second kappa shape index (κ2) is 7.68. The van der Waals surface area contributed by atoms with E-state index in [0.29, 0.717) is 24.3 Å². The number of carbonyl (C=O) groups is 1. The minimum Gasteiger partial charge on any atom is -0.497 e. The molecule has 7 nitrogen and oxygen atoms in total. The van der Waals surface area contributed by atoms with Gasteiger partial charge in [-0.3, -0.25) is 4.79 Å². The Bertz CT molecular complexity index is 791. The van der Waals surface area contributed by atoms with Gasteiger partial charge in [0.1, 0.15) is 5.75 Å². The van der Waals surface area contributed by atoms with Gasteiger partial charge in [-0.2, -0.15) is 0 Å². The second-order valence-electron chi connectivity index (χ2n) is 7.46. The van der Waals surface area contributed by atoms with Gasteiger partial charge in [-0.15, -0.1) is 5.10 Å². The van der Waals surface area contributed by atoms with Crippen molar-refractivity contribution in [3.05, 3.63) is 41.2 Å². The molecule has 1 saturated heterocycles. The minimum absolute atomic E-state index is 0.00833. The van der Waals surface area contributed by atoms with E-state index in [-0.39, 0.29) is 5.91 Å². The van der Waals surface area contributed by atoms with Crippen LogP contribution in [0.5, 0.6) is 5.75 Å². The molecular weight excluding hydrogens is 342 g/mol. The van der Waals surface area contributed by atoms with Gasteiger partial charge in [-0.1, -0.05) is 17.3 Å². The highest BCUT2D eigenvalue weighted by Gasteiger charge is 2.35. The first-order chi connectivity index (χ1) is 13.2. The Kier molecular flexibility index (Phi) is 5.11. The number of aromatic nitrogens is 3. The van der Waals surface area contributed by atoms with E-state index in [4.69, 9.17) is 4.74 Å². The fourth-order valence-electron chi connectivity index (χ4n) is 3.75. The maximum Gasteiger partial charge on any atom is 0.276 e. The lowest BCUT2D eigenvalue weighted by atomic mass is 10.1. The number of carbonyl (C=O) groups excluding carboxylic acids is 1. The molecular formula is C20H27N5O2. The lowest BCUT2D eigenvalue weighted by Crippen LogP contribution is -2.33. The number of ether oxygens (including phenoxy) is 1. The fraction of sp³-hybridized carbons (Fsp3) is 0.550. The van der Waals surface area contributed by atoms with Crippen molar-refractivity contribution in [2.24, 2.45) is 0 Å². The molecule has 1 aliphatic carbocycles. The summed E-state index contributed by atoms with van der Waals surface area (Å²) in [6.45, 7) is 4.53. The van der Waals surface area contributed by atoms with Gasteiger partial charge in [-0.05, 0) is 63.4 Å². The first-order valence-corrected chi connectivity index (χ1v) is 9.73. The zero-order valence-electron chi connectivity index (χ0n) is 16.0. The number of rotatable bonds is 6. The Morgan fingerprint density at radius 1 is 1.22 bits per heavy atom. The third-order valence-electron chi connectivity index (χ3n) is 5.55. The predicted octanol–water partition coefficient (Wildman–Crippen LogP) is 2.32. The summed E-state index contributed by atoms with van der Waals surface area (Å²) in [5.41, 5.74) is 2.47. The molecule has 7 heteroatoms. The monoisotopic (exact) mass is 369 g/mol. The molecule has 27 heavy (non-hydrogen) atoms. The normalized spacial score (nSPS) is 17.7. The number of nitrogens with one attached hydrogen (secondary N) is 1. The molecule has 1 amide bonds. The molecule has 2 fully saturated rings. The third kappa shape index (κ3) is 3.83. The third-order valence-corrected chi connectivity index (χ3v) is 5.55. The first-order valence-electron chi connectivity index (χ1n) is 9.73. The Labute approximate surface area is 159 Å². The molecule has 2 aromatic rings. The molecule has 2 aliphatic rings. The van der Waals surface area contributed by atoms with Gasteiger partial charge in [0.25, 0.3) is 5.91 Å². The minimum atomic E-state index is -0.00833. The smallest absolute Gasteiger partial charge is 0.276 e. The zero-order chi connectivity index (χ0) is 18.8. The average molecular weight is 369 g/mol. The van der Waals surface area contributed by atoms with Crippen LogP contribution in [0.3, 0.4) is 0 Å². The van der Waals surface area contributed by atoms with Gasteiger partial charge >= 0.3 is 0 Å². The average Bonchev–Trinajstić information content (AvgIpc) is 3.48. The molecule has 0 spiro atoms. The second-order valence-corrected chi connectivity index (χ2v) is 7.46. The van der Waals surface area contributed by atoms with Gasteiger partial charge in [-0.25, -0.2) is 4.68 Å². The van der Waals surface area contributed by atoms with Crippen LogP contribution in [-0.4, -0.2) is 52.0 Å². The molecule has 1 N–H and O–H groups in total. The van der Waals surface area contributed by atoms with E-state index >= 15 is 0 Å². The Balaban J connectivity index is 1.53. The van der Waals surface area contributed by atoms with Crippen molar-refractivity contribution in [1.29, 1.82) is 0 Å². The van der Waals surface area contributed by atoms with E-state index in [9.17, 15) is 4.79 Å². The summed E-state index contributed by atoms with van der Waals surface area (Å²) in [4.78, 5) is 15.2. The molecule has 1 saturated carbocycles. The van der Waals surface area contributed by atoms with Crippen LogP contribution in [0.1, 0.15) is 53.5 Å². The van der Waals surface area contributed by atoms with E-state index < -0.39 is 0 Å². The van der Waals surface area contributed by atoms with E-state index in [0.717, 1.165) is 55.8 Å². The van der Waals surface area contributed by atoms with E-state index in [1.807, 2.05) is 40.8 Å². The highest BCUT2D eigenvalue weighted by molar-refractivity contribution is 5.93. The standard InChI is InChI=1S/C20H27N5O2/c1-14-19(22-23-25(14)17-9-11-21-12-10-17)20(26)24(16-5-6-16)13-15-3-7-18(27-2)8-4-15/h3-4,7-8,16-17,21H,5-6,9-13H2,1-2H3. The highest BCUT2D eigenvalue weighted by Crippen LogP contribution is 2.31. The molecule has 0 bridgehead atoms. The SMILES string of the molecule is COc1ccc(CN(C(=O)c2nnn(C3CCNCC3)c2C)C2CC2)cc1. The van der Waals surface area contributed by atoms with Crippen LogP contribution in [0, 0.1) is 6.92 Å². The van der Waals surface area contributed by atoms with E-state index in [2.05, 4.69) is 15.6 Å². The van der Waals surface area contributed by atoms with Crippen LogP contribution in [0.2, 0.25) is 0 Å². The molecule has 0 unspecified atom stereocenters. The van der Waals surface area contributed by atoms with Gasteiger partial charge in [0.05, 0.1) is 18.8 Å². The van der Waals surface area contributed by atoms with E-state index in [1.165, 1.54) is 0 Å². The number of nitrogens with zero attached hydrogens (tertiary/aromatic N) is 4. The van der Waals surface area contributed by atoms with Crippen molar-refractivity contribution in [3.63, 3.8) is 0 Å². The zero-order valence-corrected chi connectivity index (χ0v) is 16.0. The molecule has 144 valence electrons. The van der Waals surface area contributed by atoms with Crippen LogP contribution >= 0.6 is 0 Å². The Morgan fingerprint density at radius 3 is 2.56 bits per heavy atom. The molecule has 1 aliphatic heterocycles. The lowest BCUT2D eigenvalue weighted by molar-refractivity contribution is 0.0723. The maximum atomic E-state index is 13.2. The molecule has 0 radical (unpaired) electrons. The van der Waals surface area contributed by atoms with Gasteiger partial charge in [0, 0.05) is 12.6 Å². The predicted molar refractivity (Wildman–Crippen MR) is 102 cm³/mol. The summed E-state index contributed by atoms with van der Waals surface area (Å²) in [7, 11) is 1.66. The van der Waals surface area contributed by atoms with Crippen molar-refractivity contribution in [2.75, 3.05) is 20.2 Å². The van der Waals surface area contributed by atoms with Crippen LogP contribution in [0.4, 0.5) is 0 Å². The lowest BCUT2D eigenvalue weighted by Gasteiger charge is -2.24. The largest absolute Gasteiger partial charge is 0.497 e. The number of amides is 1. The fourth-order valence-corrected chi connectivity index (χ4v) is 3.75.